The molecule has 1 aliphatic carbocycles. The van der Waals surface area contributed by atoms with E-state index in [4.69, 9.17) is 21.0 Å². The maximum Gasteiger partial charge on any atom is 0.144 e. The second kappa shape index (κ2) is 9.86. The minimum Gasteiger partial charge on any atom is -0.492 e. The molecule has 0 amide bonds. The van der Waals surface area contributed by atoms with Gasteiger partial charge in [-0.2, -0.15) is 0 Å². The summed E-state index contributed by atoms with van der Waals surface area (Å²) in [6.45, 7) is 5.98. The standard InChI is InChI=1S/C18H24N4O2.ClH/c1-3-22(9-10-23)14-7-5-13(6-8-14)21-17-12-18(24-4-2)16(20)11-15(17)19;/h5-8,11-12,19,23H,3-4,9-10,20H2,1-2H3;1H. The fraction of sp³-hybridized carbons (Fsp3) is 0.333. The molecule has 6 nitrogen and oxygen atoms in total. The van der Waals surface area contributed by atoms with Gasteiger partial charge < -0.3 is 20.5 Å². The number of anilines is 1. The molecular formula is C18H25ClN4O2. The van der Waals surface area contributed by atoms with E-state index in [9.17, 15) is 0 Å². The number of ether oxygens (including phenoxy) is 1. The van der Waals surface area contributed by atoms with E-state index in [1.54, 1.807) is 12.2 Å². The zero-order chi connectivity index (χ0) is 17.5. The Balaban J connectivity index is 0.00000312. The van der Waals surface area contributed by atoms with Crippen LogP contribution < -0.4 is 10.6 Å². The molecule has 0 saturated heterocycles. The first-order valence-corrected chi connectivity index (χ1v) is 8.04. The number of hydrogen-bond donors (Lipinski definition) is 3. The highest BCUT2D eigenvalue weighted by Crippen LogP contribution is 2.21. The first kappa shape index (κ1) is 20.7. The van der Waals surface area contributed by atoms with Crippen LogP contribution in [-0.4, -0.2) is 42.8 Å². The Morgan fingerprint density at radius 3 is 2.44 bits per heavy atom. The number of likely N-dealkylation sites (N-methyl/N-ethyl adjacent to an activating group) is 1. The molecule has 4 N–H and O–H groups in total. The van der Waals surface area contributed by atoms with Crippen LogP contribution in [0.4, 0.5) is 11.4 Å². The summed E-state index contributed by atoms with van der Waals surface area (Å²) in [4.78, 5) is 6.59. The van der Waals surface area contributed by atoms with Crippen molar-refractivity contribution in [3.05, 3.63) is 47.9 Å². The molecule has 136 valence electrons. The van der Waals surface area contributed by atoms with Gasteiger partial charge in [-0.1, -0.05) is 0 Å². The fourth-order valence-electron chi connectivity index (χ4n) is 2.43. The van der Waals surface area contributed by atoms with Crippen molar-refractivity contribution in [2.24, 2.45) is 10.7 Å². The first-order valence-electron chi connectivity index (χ1n) is 8.04. The summed E-state index contributed by atoms with van der Waals surface area (Å²) < 4.78 is 5.46. The number of aliphatic hydroxyl groups is 1. The number of nitrogens with two attached hydrogens (primary N) is 1. The quantitative estimate of drug-likeness (QED) is 0.648. The Bertz CT molecular complexity index is 681. The maximum absolute atomic E-state index is 9.10. The van der Waals surface area contributed by atoms with Crippen LogP contribution in [0.5, 0.6) is 0 Å². The molecular weight excluding hydrogens is 340 g/mol. The third kappa shape index (κ3) is 5.34. The van der Waals surface area contributed by atoms with Crippen molar-refractivity contribution in [3.63, 3.8) is 0 Å². The van der Waals surface area contributed by atoms with Gasteiger partial charge in [0, 0.05) is 24.9 Å². The van der Waals surface area contributed by atoms with E-state index in [2.05, 4.69) is 9.89 Å². The molecule has 25 heavy (non-hydrogen) atoms. The van der Waals surface area contributed by atoms with Crippen molar-refractivity contribution < 1.29 is 9.84 Å². The Morgan fingerprint density at radius 1 is 1.20 bits per heavy atom. The lowest BCUT2D eigenvalue weighted by Crippen LogP contribution is -2.25. The van der Waals surface area contributed by atoms with E-state index in [1.165, 1.54) is 0 Å². The molecule has 1 aromatic rings. The van der Waals surface area contributed by atoms with Crippen molar-refractivity contribution >= 4 is 35.2 Å². The molecule has 7 heteroatoms. The average Bonchev–Trinajstić information content (AvgIpc) is 2.58. The number of aliphatic imine (C=N–C) groups is 1. The lowest BCUT2D eigenvalue weighted by Gasteiger charge is -2.22. The predicted molar refractivity (Wildman–Crippen MR) is 105 cm³/mol. The second-order valence-corrected chi connectivity index (χ2v) is 5.27. The van der Waals surface area contributed by atoms with Gasteiger partial charge in [-0.15, -0.1) is 12.4 Å². The zero-order valence-corrected chi connectivity index (χ0v) is 15.3. The van der Waals surface area contributed by atoms with Crippen molar-refractivity contribution in [1.82, 2.24) is 0 Å². The molecule has 0 fully saturated rings. The molecule has 0 radical (unpaired) electrons. The van der Waals surface area contributed by atoms with Gasteiger partial charge in [0.1, 0.15) is 5.76 Å². The lowest BCUT2D eigenvalue weighted by molar-refractivity contribution is 0.237. The van der Waals surface area contributed by atoms with Crippen LogP contribution in [0.25, 0.3) is 0 Å². The van der Waals surface area contributed by atoms with Crippen LogP contribution in [0.15, 0.2) is 52.9 Å². The van der Waals surface area contributed by atoms with Gasteiger partial charge in [0.25, 0.3) is 0 Å². The molecule has 1 aromatic carbocycles. The topological polar surface area (TPSA) is 94.9 Å². The summed E-state index contributed by atoms with van der Waals surface area (Å²) in [6.07, 6.45) is 3.25. The number of allylic oxidation sites excluding steroid dienone is 2. The van der Waals surface area contributed by atoms with E-state index in [0.29, 0.717) is 30.3 Å². The highest BCUT2D eigenvalue weighted by atomic mass is 35.5. The van der Waals surface area contributed by atoms with Crippen LogP contribution in [0, 0.1) is 5.41 Å². The van der Waals surface area contributed by atoms with Crippen molar-refractivity contribution in [2.75, 3.05) is 31.2 Å². The second-order valence-electron chi connectivity index (χ2n) is 5.27. The predicted octanol–water partition coefficient (Wildman–Crippen LogP) is 2.80. The molecule has 0 atom stereocenters. The molecule has 0 heterocycles. The SMILES string of the molecule is CCOC1=CC(=Nc2ccc(N(CC)CCO)cc2)C(=N)C=C1N.Cl. The van der Waals surface area contributed by atoms with Gasteiger partial charge >= 0.3 is 0 Å². The molecule has 0 aromatic heterocycles. The monoisotopic (exact) mass is 364 g/mol. The fourth-order valence-corrected chi connectivity index (χ4v) is 2.43. The highest BCUT2D eigenvalue weighted by molar-refractivity contribution is 6.50. The number of benzene rings is 1. The summed E-state index contributed by atoms with van der Waals surface area (Å²) in [5, 5.41) is 17.1. The van der Waals surface area contributed by atoms with E-state index >= 15 is 0 Å². The number of halogens is 1. The minimum absolute atomic E-state index is 0. The summed E-state index contributed by atoms with van der Waals surface area (Å²) in [5.74, 6) is 0.545. The summed E-state index contributed by atoms with van der Waals surface area (Å²) in [7, 11) is 0. The number of rotatable bonds is 7. The Kier molecular flexibility index (Phi) is 8.18. The van der Waals surface area contributed by atoms with Crippen molar-refractivity contribution in [2.45, 2.75) is 13.8 Å². The van der Waals surface area contributed by atoms with Gasteiger partial charge in [0.2, 0.25) is 0 Å². The summed E-state index contributed by atoms with van der Waals surface area (Å²) in [5.41, 5.74) is 8.85. The third-order valence-corrected chi connectivity index (χ3v) is 3.64. The maximum atomic E-state index is 9.10. The largest absolute Gasteiger partial charge is 0.492 e. The van der Waals surface area contributed by atoms with E-state index in [1.807, 2.05) is 38.1 Å². The smallest absolute Gasteiger partial charge is 0.144 e. The van der Waals surface area contributed by atoms with Gasteiger partial charge in [0.15, 0.2) is 0 Å². The average molecular weight is 365 g/mol. The Labute approximate surface area is 154 Å². The van der Waals surface area contributed by atoms with Crippen LogP contribution in [0.3, 0.4) is 0 Å². The molecule has 0 unspecified atom stereocenters. The Morgan fingerprint density at radius 2 is 1.88 bits per heavy atom. The van der Waals surface area contributed by atoms with Crippen LogP contribution in [0.1, 0.15) is 13.8 Å². The molecule has 0 aliphatic heterocycles. The normalized spacial score (nSPS) is 15.3. The third-order valence-electron chi connectivity index (χ3n) is 3.64. The van der Waals surface area contributed by atoms with Crippen LogP contribution in [-0.2, 0) is 4.74 Å². The summed E-state index contributed by atoms with van der Waals surface area (Å²) >= 11 is 0. The molecule has 1 aliphatic rings. The van der Waals surface area contributed by atoms with Crippen molar-refractivity contribution in [3.8, 4) is 0 Å². The number of nitrogens with one attached hydrogen (secondary N) is 1. The lowest BCUT2D eigenvalue weighted by atomic mass is 10.1. The minimum atomic E-state index is 0. The van der Waals surface area contributed by atoms with Crippen LogP contribution >= 0.6 is 12.4 Å². The molecule has 0 bridgehead atoms. The van der Waals surface area contributed by atoms with Gasteiger partial charge in [-0.3, -0.25) is 5.41 Å². The van der Waals surface area contributed by atoms with Gasteiger partial charge in [-0.25, -0.2) is 4.99 Å². The summed E-state index contributed by atoms with van der Waals surface area (Å²) in [6, 6.07) is 7.71. The first-order chi connectivity index (χ1) is 11.6. The Hall–Kier alpha value is -2.31. The molecule has 2 rings (SSSR count). The van der Waals surface area contributed by atoms with E-state index < -0.39 is 0 Å². The van der Waals surface area contributed by atoms with Gasteiger partial charge in [-0.05, 0) is 44.2 Å². The number of hydrogen-bond acceptors (Lipinski definition) is 6. The van der Waals surface area contributed by atoms with E-state index in [0.717, 1.165) is 17.9 Å². The number of nitrogens with zero attached hydrogens (tertiary/aromatic N) is 2. The van der Waals surface area contributed by atoms with Gasteiger partial charge in [0.05, 0.1) is 36.0 Å². The van der Waals surface area contributed by atoms with E-state index in [-0.39, 0.29) is 24.7 Å². The molecule has 0 spiro atoms. The zero-order valence-electron chi connectivity index (χ0n) is 14.5. The highest BCUT2D eigenvalue weighted by Gasteiger charge is 2.15. The van der Waals surface area contributed by atoms with Crippen LogP contribution in [0.2, 0.25) is 0 Å². The number of aliphatic hydroxyl groups excluding tert-OH is 1. The van der Waals surface area contributed by atoms with Crippen molar-refractivity contribution in [1.29, 1.82) is 5.41 Å². The molecule has 0 saturated carbocycles.